The predicted octanol–water partition coefficient (Wildman–Crippen LogP) is 0.935. The maximum absolute atomic E-state index is 11.7. The summed E-state index contributed by atoms with van der Waals surface area (Å²) >= 11 is 0. The number of benzene rings is 1. The van der Waals surface area contributed by atoms with Crippen molar-refractivity contribution in [3.05, 3.63) is 35.9 Å². The van der Waals surface area contributed by atoms with Crippen molar-refractivity contribution in [2.75, 3.05) is 92.5 Å². The van der Waals surface area contributed by atoms with E-state index in [-0.39, 0.29) is 19.2 Å². The summed E-state index contributed by atoms with van der Waals surface area (Å²) in [5, 5.41) is 8.53. The summed E-state index contributed by atoms with van der Waals surface area (Å²) in [6.45, 7) is 5.67. The molecule has 0 unspecified atom stereocenters. The maximum Gasteiger partial charge on any atom is 0.338 e. The molecule has 0 heterocycles. The van der Waals surface area contributed by atoms with E-state index in [4.69, 9.17) is 38.3 Å². The van der Waals surface area contributed by atoms with Crippen LogP contribution in [0.4, 0.5) is 0 Å². The zero-order valence-electron chi connectivity index (χ0n) is 17.5. The summed E-state index contributed by atoms with van der Waals surface area (Å²) in [6.07, 6.45) is 0. The topological polar surface area (TPSA) is 102 Å². The van der Waals surface area contributed by atoms with Crippen molar-refractivity contribution >= 4 is 5.97 Å². The maximum atomic E-state index is 11.7. The fraction of sp³-hybridized carbons (Fsp3) is 0.667. The fourth-order valence-corrected chi connectivity index (χ4v) is 2.12. The van der Waals surface area contributed by atoms with Crippen LogP contribution >= 0.6 is 0 Å². The first-order chi connectivity index (χ1) is 14.8. The van der Waals surface area contributed by atoms with Gasteiger partial charge >= 0.3 is 5.97 Å². The molecular formula is C21H34O9. The highest BCUT2D eigenvalue weighted by atomic mass is 16.6. The molecule has 0 saturated carbocycles. The first kappa shape index (κ1) is 26.4. The molecule has 1 aromatic carbocycles. The molecule has 1 rings (SSSR count). The Labute approximate surface area is 178 Å². The van der Waals surface area contributed by atoms with Crippen molar-refractivity contribution < 1.29 is 43.1 Å². The molecule has 0 aliphatic heterocycles. The minimum atomic E-state index is -0.354. The monoisotopic (exact) mass is 430 g/mol. The third-order valence-corrected chi connectivity index (χ3v) is 3.57. The molecule has 0 atom stereocenters. The largest absolute Gasteiger partial charge is 0.460 e. The summed E-state index contributed by atoms with van der Waals surface area (Å²) in [5.41, 5.74) is 0.528. The first-order valence-electron chi connectivity index (χ1n) is 10.1. The van der Waals surface area contributed by atoms with E-state index < -0.39 is 0 Å². The van der Waals surface area contributed by atoms with Crippen LogP contribution in [0.1, 0.15) is 10.4 Å². The average molecular weight is 430 g/mol. The summed E-state index contributed by atoms with van der Waals surface area (Å²) in [7, 11) is 0. The van der Waals surface area contributed by atoms with E-state index >= 15 is 0 Å². The lowest BCUT2D eigenvalue weighted by atomic mass is 10.2. The van der Waals surface area contributed by atoms with Gasteiger partial charge in [-0.15, -0.1) is 0 Å². The molecule has 1 N–H and O–H groups in total. The first-order valence-corrected chi connectivity index (χ1v) is 10.1. The number of aliphatic hydroxyl groups excluding tert-OH is 1. The SMILES string of the molecule is O=C(OCCOCCOCCOCCOCCOCCOCCO)c1ccccc1. The predicted molar refractivity (Wildman–Crippen MR) is 109 cm³/mol. The van der Waals surface area contributed by atoms with E-state index in [9.17, 15) is 4.79 Å². The molecule has 172 valence electrons. The van der Waals surface area contributed by atoms with Gasteiger partial charge in [-0.1, -0.05) is 18.2 Å². The van der Waals surface area contributed by atoms with Gasteiger partial charge in [0.15, 0.2) is 0 Å². The molecule has 0 amide bonds. The third kappa shape index (κ3) is 16.2. The van der Waals surface area contributed by atoms with Crippen LogP contribution in [-0.4, -0.2) is 104 Å². The molecule has 9 nitrogen and oxygen atoms in total. The quantitative estimate of drug-likeness (QED) is 0.225. The molecular weight excluding hydrogens is 396 g/mol. The van der Waals surface area contributed by atoms with E-state index in [0.717, 1.165) is 0 Å². The average Bonchev–Trinajstić information content (AvgIpc) is 2.78. The Morgan fingerprint density at radius 1 is 0.567 bits per heavy atom. The van der Waals surface area contributed by atoms with Crippen LogP contribution in [0, 0.1) is 0 Å². The van der Waals surface area contributed by atoms with Gasteiger partial charge in [0.1, 0.15) is 6.61 Å². The zero-order valence-corrected chi connectivity index (χ0v) is 17.5. The van der Waals surface area contributed by atoms with E-state index in [2.05, 4.69) is 0 Å². The number of hydrogen-bond acceptors (Lipinski definition) is 9. The molecule has 0 radical (unpaired) electrons. The normalized spacial score (nSPS) is 11.0. The highest BCUT2D eigenvalue weighted by Crippen LogP contribution is 2.00. The van der Waals surface area contributed by atoms with Gasteiger partial charge in [0.05, 0.1) is 91.5 Å². The Hall–Kier alpha value is -1.59. The van der Waals surface area contributed by atoms with Gasteiger partial charge in [-0.25, -0.2) is 4.79 Å². The molecule has 0 saturated heterocycles. The van der Waals surface area contributed by atoms with Gasteiger partial charge in [0.25, 0.3) is 0 Å². The molecule has 0 aromatic heterocycles. The highest BCUT2D eigenvalue weighted by Gasteiger charge is 2.04. The second-order valence-corrected chi connectivity index (χ2v) is 5.90. The molecule has 0 spiro atoms. The second kappa shape index (κ2) is 20.7. The Kier molecular flexibility index (Phi) is 18.2. The number of rotatable bonds is 21. The molecule has 0 aliphatic rings. The lowest BCUT2D eigenvalue weighted by Gasteiger charge is -2.08. The Balaban J connectivity index is 1.71. The lowest BCUT2D eigenvalue weighted by molar-refractivity contribution is -0.0204. The molecule has 1 aromatic rings. The van der Waals surface area contributed by atoms with Crippen molar-refractivity contribution in [2.24, 2.45) is 0 Å². The standard InChI is InChI=1S/C21H34O9/c22-6-7-24-8-9-25-10-11-26-12-13-27-14-15-28-16-17-29-18-19-30-21(23)20-4-2-1-3-5-20/h1-5,22H,6-19H2. The smallest absolute Gasteiger partial charge is 0.338 e. The Bertz CT molecular complexity index is 499. The number of carbonyl (C=O) groups excluding carboxylic acids is 1. The number of esters is 1. The molecule has 0 bridgehead atoms. The number of carbonyl (C=O) groups is 1. The van der Waals surface area contributed by atoms with Gasteiger partial charge in [-0.05, 0) is 12.1 Å². The van der Waals surface area contributed by atoms with Crippen molar-refractivity contribution in [3.63, 3.8) is 0 Å². The van der Waals surface area contributed by atoms with E-state index in [0.29, 0.717) is 84.8 Å². The minimum absolute atomic E-state index is 0.0239. The zero-order chi connectivity index (χ0) is 21.5. The van der Waals surface area contributed by atoms with Crippen LogP contribution in [0.3, 0.4) is 0 Å². The van der Waals surface area contributed by atoms with E-state index in [1.807, 2.05) is 6.07 Å². The van der Waals surface area contributed by atoms with Gasteiger partial charge < -0.3 is 38.3 Å². The van der Waals surface area contributed by atoms with Gasteiger partial charge in [0.2, 0.25) is 0 Å². The Morgan fingerprint density at radius 2 is 0.933 bits per heavy atom. The summed E-state index contributed by atoms with van der Waals surface area (Å²) in [5.74, 6) is -0.354. The van der Waals surface area contributed by atoms with Gasteiger partial charge in [0, 0.05) is 0 Å². The summed E-state index contributed by atoms with van der Waals surface area (Å²) < 4.78 is 36.9. The van der Waals surface area contributed by atoms with Gasteiger partial charge in [-0.3, -0.25) is 0 Å². The molecule has 30 heavy (non-hydrogen) atoms. The molecule has 0 fully saturated rings. The van der Waals surface area contributed by atoms with Crippen LogP contribution < -0.4 is 0 Å². The van der Waals surface area contributed by atoms with Crippen LogP contribution in [0.25, 0.3) is 0 Å². The van der Waals surface area contributed by atoms with Crippen LogP contribution in [-0.2, 0) is 33.2 Å². The number of ether oxygens (including phenoxy) is 7. The lowest BCUT2D eigenvalue weighted by Crippen LogP contribution is -2.15. The number of hydrogen-bond donors (Lipinski definition) is 1. The van der Waals surface area contributed by atoms with Crippen LogP contribution in [0.2, 0.25) is 0 Å². The number of aliphatic hydroxyl groups is 1. The molecule has 0 aliphatic carbocycles. The van der Waals surface area contributed by atoms with E-state index in [1.54, 1.807) is 24.3 Å². The fourth-order valence-electron chi connectivity index (χ4n) is 2.12. The van der Waals surface area contributed by atoms with Crippen molar-refractivity contribution in [1.82, 2.24) is 0 Å². The highest BCUT2D eigenvalue weighted by molar-refractivity contribution is 5.89. The summed E-state index contributed by atoms with van der Waals surface area (Å²) in [4.78, 5) is 11.7. The van der Waals surface area contributed by atoms with Crippen LogP contribution in [0.15, 0.2) is 30.3 Å². The van der Waals surface area contributed by atoms with Crippen molar-refractivity contribution in [2.45, 2.75) is 0 Å². The Morgan fingerprint density at radius 3 is 1.33 bits per heavy atom. The van der Waals surface area contributed by atoms with Crippen molar-refractivity contribution in [1.29, 1.82) is 0 Å². The molecule has 9 heteroatoms. The third-order valence-electron chi connectivity index (χ3n) is 3.57. The van der Waals surface area contributed by atoms with Crippen molar-refractivity contribution in [3.8, 4) is 0 Å². The minimum Gasteiger partial charge on any atom is -0.460 e. The van der Waals surface area contributed by atoms with Gasteiger partial charge in [-0.2, -0.15) is 0 Å². The second-order valence-electron chi connectivity index (χ2n) is 5.90. The summed E-state index contributed by atoms with van der Waals surface area (Å²) in [6, 6.07) is 8.84. The van der Waals surface area contributed by atoms with Crippen LogP contribution in [0.5, 0.6) is 0 Å². The van der Waals surface area contributed by atoms with E-state index in [1.165, 1.54) is 0 Å².